The number of hydrogen-bond acceptors (Lipinski definition) is 12. The molecule has 4 rings (SSSR count). The summed E-state index contributed by atoms with van der Waals surface area (Å²) >= 11 is 0. The predicted molar refractivity (Wildman–Crippen MR) is 273 cm³/mol. The van der Waals surface area contributed by atoms with Crippen LogP contribution in [0.1, 0.15) is 70.2 Å². The number of phenolic OH excluding ortho intramolecular Hbond substituents is 1. The fourth-order valence-electron chi connectivity index (χ4n) is 7.71. The number of aliphatic imine (C=N–C) groups is 1. The molecular weight excluding hydrogens is 957 g/mol. The summed E-state index contributed by atoms with van der Waals surface area (Å²) in [4.78, 5) is 119. The lowest BCUT2D eigenvalue weighted by Gasteiger charge is -2.29. The number of amides is 6. The number of hydrogen-bond donors (Lipinski definition) is 13. The lowest BCUT2D eigenvalue weighted by atomic mass is 9.98. The van der Waals surface area contributed by atoms with E-state index in [0.29, 0.717) is 16.8 Å². The van der Waals surface area contributed by atoms with E-state index >= 15 is 0 Å². The third kappa shape index (κ3) is 19.3. The molecule has 3 aromatic carbocycles. The number of carboxylic acid groups (broad SMARTS) is 2. The van der Waals surface area contributed by atoms with Gasteiger partial charge in [-0.1, -0.05) is 94.4 Å². The Kier molecular flexibility index (Phi) is 22.5. The molecule has 23 nitrogen and oxygen atoms in total. The summed E-state index contributed by atoms with van der Waals surface area (Å²) in [6, 6.07) is 13.0. The van der Waals surface area contributed by atoms with Crippen LogP contribution in [0.4, 0.5) is 0 Å². The van der Waals surface area contributed by atoms with Gasteiger partial charge in [-0.15, -0.1) is 0 Å². The lowest BCUT2D eigenvalue weighted by molar-refractivity contribution is -0.142. The SMILES string of the molecule is CC(C)C[C@H](NC(=O)[C@@H](NC(=O)[C@H](CCCN=C(N)N)NC(=O)[C@H](CC(=O)O)NC(=O)[C@H](Cc1cnc[nH]1)NC(=O)[C@@H](N)Cc1ccc(O)cc1)C(C)C)C(=O)N[C@@H](Cc1ccc(-c2ccccc2)cc1)C(=O)O. The van der Waals surface area contributed by atoms with Crippen LogP contribution in [0.2, 0.25) is 0 Å². The molecule has 0 spiro atoms. The molecule has 0 bridgehead atoms. The summed E-state index contributed by atoms with van der Waals surface area (Å²) in [5.74, 6) is -9.17. The second kappa shape index (κ2) is 28.6. The van der Waals surface area contributed by atoms with Gasteiger partial charge in [-0.25, -0.2) is 9.78 Å². The fourth-order valence-corrected chi connectivity index (χ4v) is 7.71. The zero-order valence-electron chi connectivity index (χ0n) is 41.7. The first kappa shape index (κ1) is 58.2. The van der Waals surface area contributed by atoms with Crippen LogP contribution in [-0.4, -0.2) is 127 Å². The number of aromatic amines is 1. The highest BCUT2D eigenvalue weighted by atomic mass is 16.4. The molecule has 23 heteroatoms. The minimum absolute atomic E-state index is 0.00242. The maximum atomic E-state index is 14.2. The molecule has 4 aromatic rings. The van der Waals surface area contributed by atoms with Crippen molar-refractivity contribution in [2.24, 2.45) is 34.0 Å². The molecule has 7 atom stereocenters. The average molecular weight is 1030 g/mol. The van der Waals surface area contributed by atoms with E-state index in [9.17, 15) is 53.7 Å². The summed E-state index contributed by atoms with van der Waals surface area (Å²) in [7, 11) is 0. The Bertz CT molecular complexity index is 2540. The van der Waals surface area contributed by atoms with Crippen molar-refractivity contribution in [1.82, 2.24) is 41.9 Å². The van der Waals surface area contributed by atoms with E-state index in [1.165, 1.54) is 24.7 Å². The van der Waals surface area contributed by atoms with Gasteiger partial charge in [0, 0.05) is 31.3 Å². The third-order valence-electron chi connectivity index (χ3n) is 11.6. The Morgan fingerprint density at radius 3 is 1.74 bits per heavy atom. The van der Waals surface area contributed by atoms with Gasteiger partial charge in [0.1, 0.15) is 42.0 Å². The molecule has 398 valence electrons. The Balaban J connectivity index is 1.51. The van der Waals surface area contributed by atoms with E-state index in [1.807, 2.05) is 42.5 Å². The van der Waals surface area contributed by atoms with Crippen molar-refractivity contribution in [3.63, 3.8) is 0 Å². The van der Waals surface area contributed by atoms with E-state index in [-0.39, 0.29) is 62.7 Å². The number of carbonyl (C=O) groups is 8. The van der Waals surface area contributed by atoms with Crippen LogP contribution in [0, 0.1) is 11.8 Å². The quantitative estimate of drug-likeness (QED) is 0.0198. The van der Waals surface area contributed by atoms with Gasteiger partial charge in [0.25, 0.3) is 0 Å². The Hall–Kier alpha value is -8.34. The number of guanidine groups is 1. The first-order chi connectivity index (χ1) is 35.1. The summed E-state index contributed by atoms with van der Waals surface area (Å²) in [5.41, 5.74) is 20.7. The summed E-state index contributed by atoms with van der Waals surface area (Å²) in [6.45, 7) is 6.85. The molecule has 0 unspecified atom stereocenters. The van der Waals surface area contributed by atoms with Gasteiger partial charge in [-0.2, -0.15) is 0 Å². The number of nitrogens with two attached hydrogens (primary N) is 3. The molecule has 0 radical (unpaired) electrons. The largest absolute Gasteiger partial charge is 0.508 e. The number of nitrogens with zero attached hydrogens (tertiary/aromatic N) is 2. The number of carbonyl (C=O) groups excluding carboxylic acids is 6. The van der Waals surface area contributed by atoms with E-state index in [2.05, 4.69) is 46.9 Å². The van der Waals surface area contributed by atoms with Crippen LogP contribution in [0.15, 0.2) is 96.4 Å². The van der Waals surface area contributed by atoms with Crippen LogP contribution in [-0.2, 0) is 57.6 Å². The molecule has 1 heterocycles. The lowest BCUT2D eigenvalue weighted by Crippen LogP contribution is -2.61. The minimum atomic E-state index is -1.82. The number of rotatable bonds is 29. The zero-order chi connectivity index (χ0) is 54.5. The highest BCUT2D eigenvalue weighted by molar-refractivity contribution is 5.98. The monoisotopic (exact) mass is 1020 g/mol. The van der Waals surface area contributed by atoms with Crippen molar-refractivity contribution >= 4 is 53.3 Å². The molecule has 74 heavy (non-hydrogen) atoms. The van der Waals surface area contributed by atoms with Crippen LogP contribution in [0.5, 0.6) is 5.75 Å². The van der Waals surface area contributed by atoms with Crippen LogP contribution in [0.3, 0.4) is 0 Å². The average Bonchev–Trinajstić information content (AvgIpc) is 3.87. The maximum Gasteiger partial charge on any atom is 0.326 e. The topological polar surface area (TPSA) is 389 Å². The first-order valence-electron chi connectivity index (χ1n) is 24.1. The van der Waals surface area contributed by atoms with Crippen molar-refractivity contribution in [3.8, 4) is 16.9 Å². The smallest absolute Gasteiger partial charge is 0.326 e. The molecule has 0 fully saturated rings. The van der Waals surface area contributed by atoms with E-state index in [4.69, 9.17) is 17.2 Å². The standard InChI is InChI=1S/C51H68N12O11/c1-28(2)21-38(46(69)62-41(50(73)74)23-31-12-16-33(17-13-31)32-9-6-5-7-10-32)61-49(72)43(29(3)4)63-45(68)37(11-8-20-56-51(53)54)58-48(71)40(25-42(65)66)60-47(70)39(24-34-26-55-27-57-34)59-44(67)36(52)22-30-14-18-35(64)19-15-30/h5-7,9-10,12-19,26-29,36-41,43,64H,8,11,20-25,52H2,1-4H3,(H,55,57)(H,58,71)(H,59,67)(H,60,70)(H,61,72)(H,62,69)(H,63,68)(H,65,66)(H,73,74)(H4,53,54,56)/t36-,37-,38-,39-,40-,41-,43-/m0/s1. The molecule has 6 amide bonds. The van der Waals surface area contributed by atoms with Crippen molar-refractivity contribution in [2.45, 2.75) is 115 Å². The second-order valence-electron chi connectivity index (χ2n) is 18.6. The number of H-pyrrole nitrogens is 1. The normalized spacial score (nSPS) is 13.9. The van der Waals surface area contributed by atoms with E-state index < -0.39 is 102 Å². The van der Waals surface area contributed by atoms with Crippen LogP contribution in [0.25, 0.3) is 11.1 Å². The van der Waals surface area contributed by atoms with Gasteiger partial charge in [-0.3, -0.25) is 38.6 Å². The van der Waals surface area contributed by atoms with Crippen LogP contribution >= 0.6 is 0 Å². The van der Waals surface area contributed by atoms with Gasteiger partial charge in [0.05, 0.1) is 18.8 Å². The molecule has 0 saturated heterocycles. The maximum absolute atomic E-state index is 14.2. The third-order valence-corrected chi connectivity index (χ3v) is 11.6. The Morgan fingerprint density at radius 2 is 1.16 bits per heavy atom. The Morgan fingerprint density at radius 1 is 0.622 bits per heavy atom. The zero-order valence-corrected chi connectivity index (χ0v) is 41.7. The number of aromatic hydroxyl groups is 1. The molecule has 0 saturated carbocycles. The van der Waals surface area contributed by atoms with Crippen molar-refractivity contribution < 1.29 is 53.7 Å². The molecule has 0 aliphatic rings. The minimum Gasteiger partial charge on any atom is -0.508 e. The number of aliphatic carboxylic acids is 2. The number of carboxylic acids is 2. The number of imidazole rings is 1. The highest BCUT2D eigenvalue weighted by Crippen LogP contribution is 2.20. The second-order valence-corrected chi connectivity index (χ2v) is 18.6. The highest BCUT2D eigenvalue weighted by Gasteiger charge is 2.35. The molecule has 1 aromatic heterocycles. The predicted octanol–water partition coefficient (Wildman–Crippen LogP) is 0.361. The van der Waals surface area contributed by atoms with Crippen molar-refractivity contribution in [2.75, 3.05) is 6.54 Å². The fraction of sp³-hybridized carbons (Fsp3) is 0.412. The number of phenols is 1. The van der Waals surface area contributed by atoms with Gasteiger partial charge in [-0.05, 0) is 71.9 Å². The molecule has 0 aliphatic heterocycles. The summed E-state index contributed by atoms with van der Waals surface area (Å²) in [6.07, 6.45) is 1.55. The van der Waals surface area contributed by atoms with E-state index in [1.54, 1.807) is 52.0 Å². The van der Waals surface area contributed by atoms with Gasteiger partial charge < -0.3 is 69.4 Å². The summed E-state index contributed by atoms with van der Waals surface area (Å²) in [5, 5.41) is 44.9. The van der Waals surface area contributed by atoms with Gasteiger partial charge in [0.2, 0.25) is 35.4 Å². The molecule has 0 aliphatic carbocycles. The summed E-state index contributed by atoms with van der Waals surface area (Å²) < 4.78 is 0. The van der Waals surface area contributed by atoms with Gasteiger partial charge >= 0.3 is 11.9 Å². The number of benzene rings is 3. The first-order valence-corrected chi connectivity index (χ1v) is 24.1. The van der Waals surface area contributed by atoms with Crippen molar-refractivity contribution in [1.29, 1.82) is 0 Å². The number of nitrogens with one attached hydrogen (secondary N) is 7. The molecule has 16 N–H and O–H groups in total. The number of aromatic nitrogens is 2. The van der Waals surface area contributed by atoms with Crippen LogP contribution < -0.4 is 49.1 Å². The molecular formula is C51H68N12O11. The Labute approximate surface area is 428 Å². The van der Waals surface area contributed by atoms with Gasteiger partial charge in [0.15, 0.2) is 5.96 Å². The van der Waals surface area contributed by atoms with E-state index in [0.717, 1.165) is 11.1 Å². The van der Waals surface area contributed by atoms with Crippen molar-refractivity contribution in [3.05, 3.63) is 108 Å².